The molecule has 1 spiro atoms. The lowest BCUT2D eigenvalue weighted by Gasteiger charge is -2.51. The summed E-state index contributed by atoms with van der Waals surface area (Å²) in [5, 5.41) is 20.9. The molecule has 0 aromatic rings. The molecule has 0 amide bonds. The zero-order valence-corrected chi connectivity index (χ0v) is 17.7. The predicted octanol–water partition coefficient (Wildman–Crippen LogP) is 1.14. The van der Waals surface area contributed by atoms with E-state index in [2.05, 4.69) is 0 Å². The summed E-state index contributed by atoms with van der Waals surface area (Å²) < 4.78 is 23.5. The van der Waals surface area contributed by atoms with E-state index in [0.717, 1.165) is 5.57 Å². The van der Waals surface area contributed by atoms with Crippen LogP contribution in [0.5, 0.6) is 0 Å². The fourth-order valence-corrected chi connectivity index (χ4v) is 7.12. The van der Waals surface area contributed by atoms with Gasteiger partial charge in [-0.3, -0.25) is 9.59 Å². The van der Waals surface area contributed by atoms with Crippen LogP contribution in [0.1, 0.15) is 40.5 Å². The topological polar surface area (TPSA) is 112 Å². The molecule has 2 N–H and O–H groups in total. The van der Waals surface area contributed by atoms with E-state index in [1.165, 1.54) is 6.92 Å². The maximum atomic E-state index is 13.1. The third-order valence-corrected chi connectivity index (χ3v) is 8.59. The number of carbonyl (C=O) groups excluding carboxylic acids is 2. The highest BCUT2D eigenvalue weighted by molar-refractivity contribution is 5.82. The van der Waals surface area contributed by atoms with E-state index >= 15 is 0 Å². The number of ether oxygens (including phenoxy) is 4. The molecule has 1 saturated heterocycles. The fourth-order valence-electron chi connectivity index (χ4n) is 7.12. The second-order valence-corrected chi connectivity index (χ2v) is 10.0. The Morgan fingerprint density at radius 2 is 2.10 bits per heavy atom. The highest BCUT2D eigenvalue weighted by Gasteiger charge is 2.82. The Kier molecular flexibility index (Phi) is 4.35. The second kappa shape index (κ2) is 6.43. The summed E-state index contributed by atoms with van der Waals surface area (Å²) in [6.07, 6.45) is -0.345. The van der Waals surface area contributed by atoms with Crippen LogP contribution in [0.3, 0.4) is 0 Å². The van der Waals surface area contributed by atoms with Crippen molar-refractivity contribution >= 4 is 11.9 Å². The molecule has 0 aromatic heterocycles. The lowest BCUT2D eigenvalue weighted by atomic mass is 9.61. The van der Waals surface area contributed by atoms with Gasteiger partial charge in [-0.05, 0) is 26.7 Å². The van der Waals surface area contributed by atoms with Crippen LogP contribution in [0.15, 0.2) is 11.8 Å². The van der Waals surface area contributed by atoms with Crippen molar-refractivity contribution in [3.05, 3.63) is 11.8 Å². The van der Waals surface area contributed by atoms with Gasteiger partial charge in [-0.25, -0.2) is 0 Å². The molecular formula is C22H30O8. The monoisotopic (exact) mass is 422 g/mol. The second-order valence-electron chi connectivity index (χ2n) is 10.0. The first-order valence-corrected chi connectivity index (χ1v) is 10.8. The number of hydrogen-bond donors (Lipinski definition) is 2. The number of fused-ring (bicyclic) bond motifs is 3. The molecule has 2 aliphatic heterocycles. The third kappa shape index (κ3) is 2.33. The van der Waals surface area contributed by atoms with Crippen molar-refractivity contribution in [1.82, 2.24) is 0 Å². The molecule has 8 nitrogen and oxygen atoms in total. The van der Waals surface area contributed by atoms with Gasteiger partial charge in [0.15, 0.2) is 6.10 Å². The molecule has 4 fully saturated rings. The van der Waals surface area contributed by atoms with Gasteiger partial charge < -0.3 is 29.2 Å². The molecule has 0 aromatic carbocycles. The fraction of sp³-hybridized carbons (Fsp3) is 0.818. The van der Waals surface area contributed by atoms with E-state index in [-0.39, 0.29) is 29.6 Å². The van der Waals surface area contributed by atoms with Gasteiger partial charge in [0.05, 0.1) is 30.5 Å². The van der Waals surface area contributed by atoms with Crippen LogP contribution in [0, 0.1) is 34.5 Å². The minimum Gasteiger partial charge on any atom is -0.472 e. The average molecular weight is 422 g/mol. The molecule has 0 radical (unpaired) electrons. The zero-order valence-electron chi connectivity index (χ0n) is 17.7. The van der Waals surface area contributed by atoms with E-state index in [1.807, 2.05) is 13.8 Å². The molecule has 8 heteroatoms. The first-order valence-electron chi connectivity index (χ1n) is 10.8. The SMILES string of the molecule is CC(=O)O[C@@H]1[C@@H]2OC(=O)[C@]3(C)[C@H]1C[C@@]14C2=CO[C@@H](OC[C@@H](C)[C@@H](C)O)C1C[C@@H](O)[C@@H]34. The van der Waals surface area contributed by atoms with Crippen LogP contribution in [-0.4, -0.2) is 59.5 Å². The molecule has 3 bridgehead atoms. The maximum absolute atomic E-state index is 13.1. The third-order valence-electron chi connectivity index (χ3n) is 8.59. The van der Waals surface area contributed by atoms with Crippen molar-refractivity contribution in [3.8, 4) is 0 Å². The number of esters is 2. The average Bonchev–Trinajstić information content (AvgIpc) is 3.07. The van der Waals surface area contributed by atoms with Crippen molar-refractivity contribution < 1.29 is 38.7 Å². The van der Waals surface area contributed by atoms with Crippen molar-refractivity contribution in [3.63, 3.8) is 0 Å². The summed E-state index contributed by atoms with van der Waals surface area (Å²) >= 11 is 0. The molecule has 1 unspecified atom stereocenters. The summed E-state index contributed by atoms with van der Waals surface area (Å²) in [7, 11) is 0. The first-order chi connectivity index (χ1) is 14.1. The highest BCUT2D eigenvalue weighted by atomic mass is 16.7. The Labute approximate surface area is 175 Å². The first kappa shape index (κ1) is 20.3. The van der Waals surface area contributed by atoms with Gasteiger partial charge in [0.2, 0.25) is 6.29 Å². The van der Waals surface area contributed by atoms with Crippen LogP contribution in [0.25, 0.3) is 0 Å². The Hall–Kier alpha value is -1.64. The molecule has 3 aliphatic carbocycles. The van der Waals surface area contributed by atoms with Gasteiger partial charge in [-0.2, -0.15) is 0 Å². The molecule has 5 aliphatic rings. The Morgan fingerprint density at radius 1 is 1.37 bits per heavy atom. The molecule has 166 valence electrons. The lowest BCUT2D eigenvalue weighted by molar-refractivity contribution is -0.212. The van der Waals surface area contributed by atoms with Gasteiger partial charge in [-0.15, -0.1) is 0 Å². The van der Waals surface area contributed by atoms with Crippen LogP contribution in [0.4, 0.5) is 0 Å². The zero-order chi connectivity index (χ0) is 21.6. The van der Waals surface area contributed by atoms with Gasteiger partial charge in [-0.1, -0.05) is 6.92 Å². The summed E-state index contributed by atoms with van der Waals surface area (Å²) in [6.45, 7) is 7.16. The minimum atomic E-state index is -0.935. The number of rotatable bonds is 5. The molecule has 5 rings (SSSR count). The Morgan fingerprint density at radius 3 is 2.77 bits per heavy atom. The maximum Gasteiger partial charge on any atom is 0.313 e. The van der Waals surface area contributed by atoms with Crippen LogP contribution >= 0.6 is 0 Å². The smallest absolute Gasteiger partial charge is 0.313 e. The summed E-state index contributed by atoms with van der Waals surface area (Å²) in [4.78, 5) is 24.9. The molecule has 11 atom stereocenters. The van der Waals surface area contributed by atoms with E-state index in [9.17, 15) is 19.8 Å². The number of carbonyl (C=O) groups is 2. The number of aliphatic hydroxyl groups excluding tert-OH is 2. The van der Waals surface area contributed by atoms with Crippen molar-refractivity contribution in [1.29, 1.82) is 0 Å². The molecule has 30 heavy (non-hydrogen) atoms. The number of hydrogen-bond acceptors (Lipinski definition) is 8. The normalized spacial score (nSPS) is 49.6. The Balaban J connectivity index is 1.55. The number of aliphatic hydroxyl groups is 2. The minimum absolute atomic E-state index is 0.0618. The van der Waals surface area contributed by atoms with E-state index in [4.69, 9.17) is 18.9 Å². The van der Waals surface area contributed by atoms with Gasteiger partial charge in [0.25, 0.3) is 0 Å². The van der Waals surface area contributed by atoms with Crippen molar-refractivity contribution in [2.45, 2.75) is 71.2 Å². The van der Waals surface area contributed by atoms with Gasteiger partial charge in [0.1, 0.15) is 6.10 Å². The quantitative estimate of drug-likeness (QED) is 0.635. The lowest BCUT2D eigenvalue weighted by Crippen LogP contribution is -2.58. The van der Waals surface area contributed by atoms with E-state index in [1.54, 1.807) is 13.2 Å². The highest BCUT2D eigenvalue weighted by Crippen LogP contribution is 2.77. The van der Waals surface area contributed by atoms with Crippen molar-refractivity contribution in [2.75, 3.05) is 6.61 Å². The standard InChI is InChI=1S/C22H30O8/c1-9(10(2)23)7-27-19-12-5-15(25)18-21(4)13-6-22(12,18)14(8-28-19)17(30-20(21)26)16(13)29-11(3)24/h8-10,12-13,15-19,23,25H,5-7H2,1-4H3/t9-,10-,12?,13+,15-,16+,17-,18+,19-,21-,22+/m1/s1. The summed E-state index contributed by atoms with van der Waals surface area (Å²) in [5.74, 6) is -1.51. The summed E-state index contributed by atoms with van der Waals surface area (Å²) in [5.41, 5.74) is -0.618. The molecule has 3 saturated carbocycles. The van der Waals surface area contributed by atoms with Gasteiger partial charge in [0, 0.05) is 41.6 Å². The largest absolute Gasteiger partial charge is 0.472 e. The van der Waals surface area contributed by atoms with Crippen LogP contribution in [-0.2, 0) is 28.5 Å². The van der Waals surface area contributed by atoms with E-state index in [0.29, 0.717) is 19.4 Å². The summed E-state index contributed by atoms with van der Waals surface area (Å²) in [6, 6.07) is 0. The molecular weight excluding hydrogens is 392 g/mol. The van der Waals surface area contributed by atoms with Crippen LogP contribution in [0.2, 0.25) is 0 Å². The van der Waals surface area contributed by atoms with Crippen LogP contribution < -0.4 is 0 Å². The molecule has 2 heterocycles. The predicted molar refractivity (Wildman–Crippen MR) is 101 cm³/mol. The van der Waals surface area contributed by atoms with E-state index < -0.39 is 47.5 Å². The van der Waals surface area contributed by atoms with Gasteiger partial charge >= 0.3 is 11.9 Å². The van der Waals surface area contributed by atoms with Crippen molar-refractivity contribution in [2.24, 2.45) is 34.5 Å². The Bertz CT molecular complexity index is 807.